The molecule has 0 spiro atoms. The normalized spacial score (nSPS) is 22.7. The third kappa shape index (κ3) is 4.17. The molecule has 2 aromatic rings. The SMILES string of the molecule is O=C1NC(CCCc2ccccc2)(C2CCNCC2)C(=O)N1Cc1cccnc1. The number of aromatic nitrogens is 1. The molecule has 2 N–H and O–H groups in total. The van der Waals surface area contributed by atoms with Crippen LogP contribution in [0.2, 0.25) is 0 Å². The maximum Gasteiger partial charge on any atom is 0.325 e. The van der Waals surface area contributed by atoms with Crippen molar-refractivity contribution in [3.63, 3.8) is 0 Å². The zero-order valence-electron chi connectivity index (χ0n) is 16.6. The number of nitrogens with one attached hydrogen (secondary N) is 2. The lowest BCUT2D eigenvalue weighted by Crippen LogP contribution is -2.55. The number of urea groups is 1. The van der Waals surface area contributed by atoms with E-state index in [2.05, 4.69) is 27.8 Å². The van der Waals surface area contributed by atoms with Crippen molar-refractivity contribution in [1.29, 1.82) is 0 Å². The zero-order valence-corrected chi connectivity index (χ0v) is 16.6. The van der Waals surface area contributed by atoms with Crippen molar-refractivity contribution in [1.82, 2.24) is 20.5 Å². The number of nitrogens with zero attached hydrogens (tertiary/aromatic N) is 2. The number of carbonyl (C=O) groups excluding carboxylic acids is 2. The highest BCUT2D eigenvalue weighted by Gasteiger charge is 2.54. The van der Waals surface area contributed by atoms with Crippen molar-refractivity contribution in [2.24, 2.45) is 5.92 Å². The minimum Gasteiger partial charge on any atom is -0.323 e. The summed E-state index contributed by atoms with van der Waals surface area (Å²) < 4.78 is 0. The van der Waals surface area contributed by atoms with Gasteiger partial charge in [0.2, 0.25) is 0 Å². The first-order chi connectivity index (χ1) is 14.2. The largest absolute Gasteiger partial charge is 0.325 e. The summed E-state index contributed by atoms with van der Waals surface area (Å²) in [7, 11) is 0. The molecule has 0 radical (unpaired) electrons. The van der Waals surface area contributed by atoms with Gasteiger partial charge in [0.25, 0.3) is 5.91 Å². The molecule has 3 amide bonds. The number of piperidine rings is 1. The van der Waals surface area contributed by atoms with Gasteiger partial charge in [0, 0.05) is 12.4 Å². The van der Waals surface area contributed by atoms with Crippen LogP contribution in [0.4, 0.5) is 4.79 Å². The van der Waals surface area contributed by atoms with Gasteiger partial charge in [0.1, 0.15) is 5.54 Å². The van der Waals surface area contributed by atoms with E-state index in [1.807, 2.05) is 30.3 Å². The van der Waals surface area contributed by atoms with Crippen molar-refractivity contribution in [3.8, 4) is 0 Å². The monoisotopic (exact) mass is 392 g/mol. The van der Waals surface area contributed by atoms with Crippen LogP contribution in [0.25, 0.3) is 0 Å². The van der Waals surface area contributed by atoms with E-state index in [9.17, 15) is 9.59 Å². The minimum absolute atomic E-state index is 0.0775. The van der Waals surface area contributed by atoms with E-state index in [1.54, 1.807) is 12.4 Å². The van der Waals surface area contributed by atoms with Crippen LogP contribution in [0.15, 0.2) is 54.9 Å². The van der Waals surface area contributed by atoms with Crippen LogP contribution in [0.3, 0.4) is 0 Å². The molecule has 1 unspecified atom stereocenters. The van der Waals surface area contributed by atoms with Gasteiger partial charge in [-0.3, -0.25) is 14.7 Å². The van der Waals surface area contributed by atoms with E-state index >= 15 is 0 Å². The molecule has 0 bridgehead atoms. The van der Waals surface area contributed by atoms with Gasteiger partial charge in [-0.05, 0) is 68.3 Å². The Morgan fingerprint density at radius 3 is 2.52 bits per heavy atom. The molecule has 3 heterocycles. The van der Waals surface area contributed by atoms with E-state index in [0.717, 1.165) is 44.3 Å². The van der Waals surface area contributed by atoms with Crippen molar-refractivity contribution in [3.05, 3.63) is 66.0 Å². The molecule has 2 aliphatic rings. The lowest BCUT2D eigenvalue weighted by atomic mass is 9.74. The fraction of sp³-hybridized carbons (Fsp3) is 0.435. The number of carbonyl (C=O) groups is 2. The Balaban J connectivity index is 1.53. The number of amides is 3. The second-order valence-corrected chi connectivity index (χ2v) is 8.02. The molecule has 2 aliphatic heterocycles. The van der Waals surface area contributed by atoms with Crippen LogP contribution in [0.5, 0.6) is 0 Å². The highest BCUT2D eigenvalue weighted by molar-refractivity contribution is 6.07. The number of hydrogen-bond acceptors (Lipinski definition) is 4. The van der Waals surface area contributed by atoms with Crippen LogP contribution in [-0.4, -0.2) is 40.5 Å². The number of imide groups is 1. The summed E-state index contributed by atoms with van der Waals surface area (Å²) in [6, 6.07) is 13.8. The van der Waals surface area contributed by atoms with Gasteiger partial charge in [-0.2, -0.15) is 0 Å². The predicted octanol–water partition coefficient (Wildman–Crippen LogP) is 2.89. The molecular formula is C23H28N4O2. The summed E-state index contributed by atoms with van der Waals surface area (Å²) in [5, 5.41) is 6.50. The second-order valence-electron chi connectivity index (χ2n) is 8.02. The van der Waals surface area contributed by atoms with Gasteiger partial charge >= 0.3 is 6.03 Å². The van der Waals surface area contributed by atoms with Gasteiger partial charge in [-0.15, -0.1) is 0 Å². The average molecular weight is 393 g/mol. The van der Waals surface area contributed by atoms with Gasteiger partial charge in [-0.1, -0.05) is 36.4 Å². The van der Waals surface area contributed by atoms with Crippen LogP contribution in [0.1, 0.15) is 36.8 Å². The average Bonchev–Trinajstić information content (AvgIpc) is 3.01. The Kier molecular flexibility index (Phi) is 5.90. The Morgan fingerprint density at radius 2 is 1.79 bits per heavy atom. The van der Waals surface area contributed by atoms with Crippen molar-refractivity contribution < 1.29 is 9.59 Å². The molecule has 29 heavy (non-hydrogen) atoms. The topological polar surface area (TPSA) is 74.3 Å². The van der Waals surface area contributed by atoms with Crippen molar-refractivity contribution >= 4 is 11.9 Å². The Labute approximate surface area is 171 Å². The molecule has 152 valence electrons. The first-order valence-electron chi connectivity index (χ1n) is 10.5. The predicted molar refractivity (Wildman–Crippen MR) is 111 cm³/mol. The highest BCUT2D eigenvalue weighted by Crippen LogP contribution is 2.36. The fourth-order valence-electron chi connectivity index (χ4n) is 4.64. The lowest BCUT2D eigenvalue weighted by molar-refractivity contribution is -0.134. The molecule has 1 atom stereocenters. The molecular weight excluding hydrogens is 364 g/mol. The molecule has 1 aromatic carbocycles. The summed E-state index contributed by atoms with van der Waals surface area (Å²) in [6.07, 6.45) is 7.63. The first-order valence-corrected chi connectivity index (χ1v) is 10.5. The van der Waals surface area contributed by atoms with Gasteiger partial charge in [0.15, 0.2) is 0 Å². The smallest absolute Gasteiger partial charge is 0.323 e. The van der Waals surface area contributed by atoms with Gasteiger partial charge < -0.3 is 10.6 Å². The number of rotatable bonds is 7. The van der Waals surface area contributed by atoms with Crippen LogP contribution in [0, 0.1) is 5.92 Å². The van der Waals surface area contributed by atoms with E-state index in [1.165, 1.54) is 10.5 Å². The fourth-order valence-corrected chi connectivity index (χ4v) is 4.64. The first kappa shape index (κ1) is 19.6. The third-order valence-electron chi connectivity index (χ3n) is 6.18. The summed E-state index contributed by atoms with van der Waals surface area (Å²) in [4.78, 5) is 31.9. The minimum atomic E-state index is -0.795. The molecule has 1 aromatic heterocycles. The third-order valence-corrected chi connectivity index (χ3v) is 6.18. The quantitative estimate of drug-likeness (QED) is 0.711. The summed E-state index contributed by atoms with van der Waals surface area (Å²) in [6.45, 7) is 2.04. The zero-order chi connectivity index (χ0) is 20.1. The highest BCUT2D eigenvalue weighted by atomic mass is 16.2. The number of hydrogen-bond donors (Lipinski definition) is 2. The van der Waals surface area contributed by atoms with Crippen LogP contribution in [-0.2, 0) is 17.8 Å². The second kappa shape index (κ2) is 8.74. The van der Waals surface area contributed by atoms with Gasteiger partial charge in [0.05, 0.1) is 6.54 Å². The molecule has 0 saturated carbocycles. The van der Waals surface area contributed by atoms with E-state index in [4.69, 9.17) is 0 Å². The summed E-state index contributed by atoms with van der Waals surface area (Å²) in [5.41, 5.74) is 1.33. The van der Waals surface area contributed by atoms with Crippen molar-refractivity contribution in [2.45, 2.75) is 44.2 Å². The molecule has 6 heteroatoms. The molecule has 2 fully saturated rings. The number of benzene rings is 1. The molecule has 6 nitrogen and oxygen atoms in total. The van der Waals surface area contributed by atoms with Crippen LogP contribution < -0.4 is 10.6 Å². The van der Waals surface area contributed by atoms with Crippen LogP contribution >= 0.6 is 0 Å². The molecule has 2 saturated heterocycles. The molecule has 4 rings (SSSR count). The van der Waals surface area contributed by atoms with E-state index in [-0.39, 0.29) is 24.4 Å². The summed E-state index contributed by atoms with van der Waals surface area (Å²) >= 11 is 0. The van der Waals surface area contributed by atoms with E-state index < -0.39 is 5.54 Å². The van der Waals surface area contributed by atoms with Gasteiger partial charge in [-0.25, -0.2) is 4.79 Å². The lowest BCUT2D eigenvalue weighted by Gasteiger charge is -2.38. The Bertz CT molecular complexity index is 836. The molecule has 0 aliphatic carbocycles. The maximum absolute atomic E-state index is 13.6. The number of pyridine rings is 1. The number of aryl methyl sites for hydroxylation is 1. The standard InChI is InChI=1S/C23H28N4O2/c28-21-23(20-10-14-24-15-11-20,12-4-8-18-6-2-1-3-7-18)26-22(29)27(21)17-19-9-5-13-25-16-19/h1-3,5-7,9,13,16,20,24H,4,8,10-12,14-15,17H2,(H,26,29). The van der Waals surface area contributed by atoms with Crippen molar-refractivity contribution in [2.75, 3.05) is 13.1 Å². The van der Waals surface area contributed by atoms with E-state index in [0.29, 0.717) is 6.42 Å². The Morgan fingerprint density at radius 1 is 1.03 bits per heavy atom. The Hall–Kier alpha value is -2.73. The summed E-state index contributed by atoms with van der Waals surface area (Å²) in [5.74, 6) is 0.0844. The maximum atomic E-state index is 13.6.